The van der Waals surface area contributed by atoms with Crippen molar-refractivity contribution in [2.75, 3.05) is 25.0 Å². The van der Waals surface area contributed by atoms with Crippen molar-refractivity contribution in [1.29, 1.82) is 0 Å². The Kier molecular flexibility index (Phi) is 8.21. The zero-order chi connectivity index (χ0) is 19.8. The molecular formula is C23H37N3O. The number of nitrogens with zero attached hydrogens (tertiary/aromatic N) is 1. The lowest BCUT2D eigenvalue weighted by Gasteiger charge is -2.37. The molecule has 1 amide bonds. The van der Waals surface area contributed by atoms with Gasteiger partial charge in [0.15, 0.2) is 0 Å². The SMILES string of the molecule is CCc1cc(C(=O)NC/C(C)=C/NC)c(C)c(N(CC)C2CCCCC2)c1. The van der Waals surface area contributed by atoms with Gasteiger partial charge in [-0.3, -0.25) is 4.79 Å². The van der Waals surface area contributed by atoms with Gasteiger partial charge in [-0.1, -0.05) is 26.2 Å². The minimum Gasteiger partial charge on any atom is -0.394 e. The van der Waals surface area contributed by atoms with Gasteiger partial charge in [-0.25, -0.2) is 0 Å². The molecule has 0 radical (unpaired) electrons. The number of carbonyl (C=O) groups is 1. The van der Waals surface area contributed by atoms with Crippen molar-refractivity contribution >= 4 is 11.6 Å². The first-order chi connectivity index (χ1) is 13.0. The van der Waals surface area contributed by atoms with E-state index in [0.717, 1.165) is 29.7 Å². The van der Waals surface area contributed by atoms with Crippen LogP contribution in [0.25, 0.3) is 0 Å². The molecule has 0 unspecified atom stereocenters. The summed E-state index contributed by atoms with van der Waals surface area (Å²) in [5.74, 6) is 0.0209. The fourth-order valence-corrected chi connectivity index (χ4v) is 4.13. The monoisotopic (exact) mass is 371 g/mol. The molecule has 2 rings (SSSR count). The highest BCUT2D eigenvalue weighted by molar-refractivity contribution is 5.97. The van der Waals surface area contributed by atoms with Crippen LogP contribution in [0.3, 0.4) is 0 Å². The molecule has 1 saturated carbocycles. The average Bonchev–Trinajstić information content (AvgIpc) is 2.69. The van der Waals surface area contributed by atoms with E-state index in [4.69, 9.17) is 0 Å². The number of hydrogen-bond acceptors (Lipinski definition) is 3. The summed E-state index contributed by atoms with van der Waals surface area (Å²) in [6.45, 7) is 10.1. The summed E-state index contributed by atoms with van der Waals surface area (Å²) >= 11 is 0. The summed E-state index contributed by atoms with van der Waals surface area (Å²) in [4.78, 5) is 15.4. The summed E-state index contributed by atoms with van der Waals surface area (Å²) in [7, 11) is 1.87. The lowest BCUT2D eigenvalue weighted by atomic mass is 9.92. The maximum atomic E-state index is 12.9. The summed E-state index contributed by atoms with van der Waals surface area (Å²) < 4.78 is 0. The first-order valence-corrected chi connectivity index (χ1v) is 10.5. The van der Waals surface area contributed by atoms with Crippen molar-refractivity contribution in [3.05, 3.63) is 40.6 Å². The molecule has 0 atom stereocenters. The number of rotatable bonds is 8. The van der Waals surface area contributed by atoms with Crippen molar-refractivity contribution < 1.29 is 4.79 Å². The molecule has 0 saturated heterocycles. The van der Waals surface area contributed by atoms with Crippen molar-refractivity contribution in [3.8, 4) is 0 Å². The van der Waals surface area contributed by atoms with Gasteiger partial charge in [-0.05, 0) is 75.1 Å². The number of aryl methyl sites for hydroxylation is 1. The summed E-state index contributed by atoms with van der Waals surface area (Å²) in [6.07, 6.45) is 9.38. The Bertz CT molecular complexity index is 660. The van der Waals surface area contributed by atoms with Gasteiger partial charge in [0.25, 0.3) is 5.91 Å². The molecule has 1 aromatic rings. The molecule has 0 bridgehead atoms. The number of amides is 1. The fraction of sp³-hybridized carbons (Fsp3) is 0.609. The summed E-state index contributed by atoms with van der Waals surface area (Å²) in [5, 5.41) is 6.08. The van der Waals surface area contributed by atoms with E-state index in [1.54, 1.807) is 0 Å². The van der Waals surface area contributed by atoms with Crippen LogP contribution in [-0.4, -0.2) is 32.1 Å². The Labute approximate surface area is 165 Å². The van der Waals surface area contributed by atoms with E-state index in [1.807, 2.05) is 20.2 Å². The molecule has 1 aliphatic carbocycles. The van der Waals surface area contributed by atoms with Gasteiger partial charge in [0, 0.05) is 37.4 Å². The van der Waals surface area contributed by atoms with E-state index in [1.165, 1.54) is 43.4 Å². The quantitative estimate of drug-likeness (QED) is 0.703. The van der Waals surface area contributed by atoms with Crippen molar-refractivity contribution in [3.63, 3.8) is 0 Å². The largest absolute Gasteiger partial charge is 0.394 e. The van der Waals surface area contributed by atoms with Gasteiger partial charge in [0.1, 0.15) is 0 Å². The average molecular weight is 372 g/mol. The fourth-order valence-electron chi connectivity index (χ4n) is 4.13. The van der Waals surface area contributed by atoms with Gasteiger partial charge < -0.3 is 15.5 Å². The van der Waals surface area contributed by atoms with Crippen LogP contribution in [-0.2, 0) is 6.42 Å². The lowest BCUT2D eigenvalue weighted by molar-refractivity contribution is 0.0956. The first-order valence-electron chi connectivity index (χ1n) is 10.5. The number of nitrogens with one attached hydrogen (secondary N) is 2. The molecule has 4 nitrogen and oxygen atoms in total. The third-order valence-corrected chi connectivity index (χ3v) is 5.68. The van der Waals surface area contributed by atoms with Gasteiger partial charge in [0.2, 0.25) is 0 Å². The molecule has 4 heteroatoms. The van der Waals surface area contributed by atoms with E-state index in [2.05, 4.69) is 48.4 Å². The molecule has 0 spiro atoms. The number of hydrogen-bond donors (Lipinski definition) is 2. The second-order valence-corrected chi connectivity index (χ2v) is 7.68. The van der Waals surface area contributed by atoms with Crippen LogP contribution in [0.1, 0.15) is 74.4 Å². The van der Waals surface area contributed by atoms with Crippen molar-refractivity contribution in [1.82, 2.24) is 10.6 Å². The maximum absolute atomic E-state index is 12.9. The molecule has 0 aliphatic heterocycles. The van der Waals surface area contributed by atoms with E-state index in [-0.39, 0.29) is 5.91 Å². The third kappa shape index (κ3) is 5.50. The summed E-state index contributed by atoms with van der Waals surface area (Å²) in [5.41, 5.74) is 5.50. The number of benzene rings is 1. The van der Waals surface area contributed by atoms with Crippen LogP contribution in [0, 0.1) is 6.92 Å². The molecule has 27 heavy (non-hydrogen) atoms. The second-order valence-electron chi connectivity index (χ2n) is 7.68. The molecule has 1 aliphatic rings. The maximum Gasteiger partial charge on any atom is 0.251 e. The van der Waals surface area contributed by atoms with Crippen LogP contribution < -0.4 is 15.5 Å². The number of carbonyl (C=O) groups excluding carboxylic acids is 1. The number of anilines is 1. The zero-order valence-corrected chi connectivity index (χ0v) is 17.8. The van der Waals surface area contributed by atoms with Crippen molar-refractivity contribution in [2.45, 2.75) is 72.3 Å². The van der Waals surface area contributed by atoms with Gasteiger partial charge in [-0.15, -0.1) is 0 Å². The molecule has 1 aromatic carbocycles. The Morgan fingerprint density at radius 3 is 2.52 bits per heavy atom. The minimum absolute atomic E-state index is 0.0209. The summed E-state index contributed by atoms with van der Waals surface area (Å²) in [6, 6.07) is 4.97. The van der Waals surface area contributed by atoms with E-state index < -0.39 is 0 Å². The normalized spacial score (nSPS) is 15.5. The first kappa shape index (κ1) is 21.3. The van der Waals surface area contributed by atoms with E-state index in [9.17, 15) is 4.79 Å². The van der Waals surface area contributed by atoms with E-state index >= 15 is 0 Å². The molecule has 150 valence electrons. The van der Waals surface area contributed by atoms with Crippen LogP contribution in [0.2, 0.25) is 0 Å². The molecule has 0 aromatic heterocycles. The smallest absolute Gasteiger partial charge is 0.251 e. The van der Waals surface area contributed by atoms with Gasteiger partial charge in [-0.2, -0.15) is 0 Å². The minimum atomic E-state index is 0.0209. The van der Waals surface area contributed by atoms with Crippen LogP contribution >= 0.6 is 0 Å². The Morgan fingerprint density at radius 1 is 1.22 bits per heavy atom. The molecular weight excluding hydrogens is 334 g/mol. The Hall–Kier alpha value is -1.97. The Morgan fingerprint density at radius 2 is 1.93 bits per heavy atom. The molecule has 2 N–H and O–H groups in total. The second kappa shape index (κ2) is 10.4. The van der Waals surface area contributed by atoms with Crippen LogP contribution in [0.15, 0.2) is 23.9 Å². The van der Waals surface area contributed by atoms with Crippen LogP contribution in [0.5, 0.6) is 0 Å². The predicted octanol–water partition coefficient (Wildman–Crippen LogP) is 4.57. The lowest BCUT2D eigenvalue weighted by Crippen LogP contribution is -2.37. The van der Waals surface area contributed by atoms with Gasteiger partial charge in [0.05, 0.1) is 0 Å². The van der Waals surface area contributed by atoms with Crippen molar-refractivity contribution in [2.24, 2.45) is 0 Å². The predicted molar refractivity (Wildman–Crippen MR) is 116 cm³/mol. The highest BCUT2D eigenvalue weighted by atomic mass is 16.1. The Balaban J connectivity index is 2.31. The van der Waals surface area contributed by atoms with Gasteiger partial charge >= 0.3 is 0 Å². The topological polar surface area (TPSA) is 44.4 Å². The van der Waals surface area contributed by atoms with Crippen LogP contribution in [0.4, 0.5) is 5.69 Å². The molecule has 0 heterocycles. The zero-order valence-electron chi connectivity index (χ0n) is 17.8. The standard InChI is InChI=1S/C23H37N3O/c1-6-19-13-21(23(27)25-16-17(3)15-24-5)18(4)22(14-19)26(7-2)20-11-9-8-10-12-20/h13-15,20,24H,6-12,16H2,1-5H3,(H,25,27)/b17-15+. The third-order valence-electron chi connectivity index (χ3n) is 5.68. The highest BCUT2D eigenvalue weighted by Gasteiger charge is 2.24. The van der Waals surface area contributed by atoms with E-state index in [0.29, 0.717) is 12.6 Å². The molecule has 1 fully saturated rings. The highest BCUT2D eigenvalue weighted by Crippen LogP contribution is 2.32.